The molecule has 136 valence electrons. The van der Waals surface area contributed by atoms with E-state index in [1.54, 1.807) is 0 Å². The summed E-state index contributed by atoms with van der Waals surface area (Å²) < 4.78 is 138. The standard InChI is InChI=1S/C21H28O4/c1-16-7-6-10-19(13-16)25-15-18(22)9-5-4-8-17-11-12-20(23-2)21(14-17)24-3/h6-7,10-14,18,22H,4-5,8-9,15H2,1-3H3/i2D3,3D3,6D,7D,10D,11D,12D,13D,14D,15D2,18D. The van der Waals surface area contributed by atoms with E-state index >= 15 is 0 Å². The molecule has 1 unspecified atom stereocenters. The van der Waals surface area contributed by atoms with Gasteiger partial charge in [0.25, 0.3) is 0 Å². The molecule has 2 rings (SSSR count). The third-order valence-corrected chi connectivity index (χ3v) is 3.09. The van der Waals surface area contributed by atoms with Gasteiger partial charge in [-0.05, 0) is 61.5 Å². The van der Waals surface area contributed by atoms with Crippen LogP contribution in [-0.4, -0.2) is 31.8 Å². The lowest BCUT2D eigenvalue weighted by Crippen LogP contribution is -2.17. The molecule has 0 saturated carbocycles. The highest BCUT2D eigenvalue weighted by Crippen LogP contribution is 2.28. The Hall–Kier alpha value is -2.20. The van der Waals surface area contributed by atoms with Gasteiger partial charge in [-0.3, -0.25) is 0 Å². The van der Waals surface area contributed by atoms with Gasteiger partial charge in [-0.1, -0.05) is 24.5 Å². The average Bonchev–Trinajstić information content (AvgIpc) is 2.83. The zero-order chi connectivity index (χ0) is 31.9. The molecule has 25 heavy (non-hydrogen) atoms. The molecule has 4 nitrogen and oxygen atoms in total. The third kappa shape index (κ3) is 6.31. The molecule has 1 atom stereocenters. The SMILES string of the molecule is [2H]c1c([2H])c(C)c([2H])c(OC([2H])([2H])C([2H])(O)CCCCc2c([2H])c([2H])c(OC([2H])([2H])[2H])c(OC([2H])([2H])[2H])c2[2H])c1[2H]. The normalized spacial score (nSPS) is 23.9. The Labute approximate surface area is 172 Å². The summed E-state index contributed by atoms with van der Waals surface area (Å²) in [7, 11) is -6.30. The van der Waals surface area contributed by atoms with Crippen LogP contribution in [0.4, 0.5) is 0 Å². The van der Waals surface area contributed by atoms with E-state index < -0.39 is 92.7 Å². The van der Waals surface area contributed by atoms with Crippen LogP contribution in [0, 0.1) is 6.92 Å². The number of rotatable bonds is 10. The molecule has 0 spiro atoms. The summed E-state index contributed by atoms with van der Waals surface area (Å²) in [6.07, 6.45) is -3.93. The second kappa shape index (κ2) is 9.94. The van der Waals surface area contributed by atoms with Crippen LogP contribution < -0.4 is 14.2 Å². The van der Waals surface area contributed by atoms with Gasteiger partial charge in [-0.2, -0.15) is 0 Å². The van der Waals surface area contributed by atoms with Crippen LogP contribution in [0.15, 0.2) is 42.3 Å². The summed E-state index contributed by atoms with van der Waals surface area (Å²) in [5.74, 6) is -2.52. The van der Waals surface area contributed by atoms with Crippen LogP contribution in [-0.2, 0) is 6.42 Å². The molecular formula is C21H28O4. The number of hydrogen-bond acceptors (Lipinski definition) is 4. The molecular weight excluding hydrogens is 316 g/mol. The van der Waals surface area contributed by atoms with Gasteiger partial charge in [0.15, 0.2) is 11.5 Å². The molecule has 0 amide bonds. The molecule has 2 aromatic carbocycles. The number of aliphatic hydroxyl groups is 1. The molecule has 0 aliphatic rings. The van der Waals surface area contributed by atoms with E-state index in [4.69, 9.17) is 31.4 Å². The molecule has 0 aliphatic heterocycles. The maximum atomic E-state index is 10.5. The molecule has 1 N–H and O–H groups in total. The monoisotopic (exact) mass is 360 g/mol. The Morgan fingerprint density at radius 1 is 1.16 bits per heavy atom. The zero-order valence-electron chi connectivity index (χ0n) is 29.5. The van der Waals surface area contributed by atoms with E-state index in [0.29, 0.717) is 0 Å². The van der Waals surface area contributed by atoms with E-state index in [9.17, 15) is 5.11 Å². The van der Waals surface area contributed by atoms with Crippen molar-refractivity contribution in [2.45, 2.75) is 38.7 Å². The fraction of sp³-hybridized carbons (Fsp3) is 0.429. The van der Waals surface area contributed by atoms with Crippen LogP contribution in [0.5, 0.6) is 17.2 Å². The largest absolute Gasteiger partial charge is 0.493 e. The van der Waals surface area contributed by atoms with Crippen molar-refractivity contribution >= 4 is 0 Å². The first-order chi connectivity index (χ1) is 18.4. The molecule has 2 aromatic rings. The quantitative estimate of drug-likeness (QED) is 0.646. The lowest BCUT2D eigenvalue weighted by atomic mass is 10.0. The summed E-state index contributed by atoms with van der Waals surface area (Å²) in [6, 6.07) is -4.55. The van der Waals surface area contributed by atoms with Crippen LogP contribution in [0.2, 0.25) is 0 Å². The van der Waals surface area contributed by atoms with E-state index in [0.717, 1.165) is 0 Å². The van der Waals surface area contributed by atoms with Gasteiger partial charge < -0.3 is 19.3 Å². The zero-order valence-corrected chi connectivity index (χ0v) is 13.5. The van der Waals surface area contributed by atoms with Crippen molar-refractivity contribution < 1.29 is 41.2 Å². The molecule has 0 bridgehead atoms. The molecule has 0 fully saturated rings. The summed E-state index contributed by atoms with van der Waals surface area (Å²) in [6.45, 7) is -1.89. The van der Waals surface area contributed by atoms with Crippen molar-refractivity contribution in [2.75, 3.05) is 20.6 Å². The minimum Gasteiger partial charge on any atom is -0.493 e. The average molecular weight is 361 g/mol. The van der Waals surface area contributed by atoms with Gasteiger partial charge in [-0.25, -0.2) is 0 Å². The van der Waals surface area contributed by atoms with Crippen LogP contribution in [0.25, 0.3) is 0 Å². The molecule has 0 aromatic heterocycles. The summed E-state index contributed by atoms with van der Waals surface area (Å²) in [4.78, 5) is 0. The fourth-order valence-electron chi connectivity index (χ4n) is 1.90. The highest BCUT2D eigenvalue weighted by Gasteiger charge is 2.07. The van der Waals surface area contributed by atoms with Crippen molar-refractivity contribution in [3.8, 4) is 17.2 Å². The summed E-state index contributed by atoms with van der Waals surface area (Å²) in [5, 5.41) is 10.5. The second-order valence-electron chi connectivity index (χ2n) is 5.03. The first-order valence-corrected chi connectivity index (χ1v) is 7.41. The Balaban J connectivity index is 2.27. The molecule has 0 aliphatic carbocycles. The van der Waals surface area contributed by atoms with E-state index in [1.807, 2.05) is 0 Å². The number of ether oxygens (including phenoxy) is 3. The third-order valence-electron chi connectivity index (χ3n) is 3.09. The van der Waals surface area contributed by atoms with Crippen LogP contribution in [0.1, 0.15) is 52.3 Å². The molecule has 0 saturated heterocycles. The number of benzene rings is 2. The highest BCUT2D eigenvalue weighted by molar-refractivity contribution is 5.42. The second-order valence-corrected chi connectivity index (χ2v) is 5.03. The van der Waals surface area contributed by atoms with E-state index in [-0.39, 0.29) is 30.4 Å². The first-order valence-electron chi connectivity index (χ1n) is 15.4. The van der Waals surface area contributed by atoms with Gasteiger partial charge >= 0.3 is 0 Å². The topological polar surface area (TPSA) is 47.9 Å². The maximum absolute atomic E-state index is 10.5. The van der Waals surface area contributed by atoms with Crippen molar-refractivity contribution in [1.82, 2.24) is 0 Å². The lowest BCUT2D eigenvalue weighted by Gasteiger charge is -2.13. The van der Waals surface area contributed by atoms with Crippen molar-refractivity contribution in [3.63, 3.8) is 0 Å². The molecule has 0 radical (unpaired) electrons. The Morgan fingerprint density at radius 3 is 2.84 bits per heavy atom. The molecule has 0 heterocycles. The number of unbranched alkanes of at least 4 members (excludes halogenated alkanes) is 1. The number of methoxy groups -OCH3 is 2. The van der Waals surface area contributed by atoms with E-state index in [1.165, 1.54) is 6.92 Å². The Morgan fingerprint density at radius 2 is 2.00 bits per heavy atom. The summed E-state index contributed by atoms with van der Waals surface area (Å²) >= 11 is 0. The highest BCUT2D eigenvalue weighted by atomic mass is 16.5. The Bertz CT molecular complexity index is 1260. The van der Waals surface area contributed by atoms with Gasteiger partial charge in [0, 0.05) is 0 Å². The van der Waals surface area contributed by atoms with E-state index in [2.05, 4.69) is 4.74 Å². The van der Waals surface area contributed by atoms with Gasteiger partial charge in [0.05, 0.1) is 42.1 Å². The number of hydrogen-bond donors (Lipinski definition) is 1. The maximum Gasteiger partial charge on any atom is 0.160 e. The Kier molecular flexibility index (Phi) is 2.72. The fourth-order valence-corrected chi connectivity index (χ4v) is 1.90. The minimum atomic E-state index is -3.19. The predicted molar refractivity (Wildman–Crippen MR) is 99.8 cm³/mol. The van der Waals surface area contributed by atoms with Gasteiger partial charge in [-0.15, -0.1) is 0 Å². The van der Waals surface area contributed by atoms with Crippen LogP contribution >= 0.6 is 0 Å². The predicted octanol–water partition coefficient (Wildman–Crippen LogP) is 4.16. The van der Waals surface area contributed by atoms with Crippen molar-refractivity contribution in [3.05, 3.63) is 53.4 Å². The van der Waals surface area contributed by atoms with Gasteiger partial charge in [0.1, 0.15) is 12.3 Å². The smallest absolute Gasteiger partial charge is 0.160 e. The minimum absolute atomic E-state index is 0.0297. The van der Waals surface area contributed by atoms with Gasteiger partial charge in [0.2, 0.25) is 0 Å². The van der Waals surface area contributed by atoms with Crippen molar-refractivity contribution in [2.24, 2.45) is 0 Å². The lowest BCUT2D eigenvalue weighted by molar-refractivity contribution is 0.0976. The van der Waals surface area contributed by atoms with Crippen LogP contribution in [0.3, 0.4) is 0 Å². The van der Waals surface area contributed by atoms with Crippen molar-refractivity contribution in [1.29, 1.82) is 0 Å². The summed E-state index contributed by atoms with van der Waals surface area (Å²) in [5.41, 5.74) is -0.278. The molecule has 4 heteroatoms. The first kappa shape index (κ1) is 6.84.